The maximum Gasteiger partial charge on any atom is 0.335 e. The molecule has 5 amide bonds. The molecule has 0 aliphatic carbocycles. The van der Waals surface area contributed by atoms with E-state index in [0.29, 0.717) is 9.80 Å². The molecule has 126 valence electrons. The summed E-state index contributed by atoms with van der Waals surface area (Å²) in [4.78, 5) is 48.7. The molecular formula is C16H16FN3O4. The van der Waals surface area contributed by atoms with Gasteiger partial charge in [-0.25, -0.2) is 14.1 Å². The molecule has 7 nitrogen and oxygen atoms in total. The van der Waals surface area contributed by atoms with Crippen molar-refractivity contribution in [2.24, 2.45) is 0 Å². The highest BCUT2D eigenvalue weighted by atomic mass is 19.1. The lowest BCUT2D eigenvalue weighted by Crippen LogP contribution is -2.42. The summed E-state index contributed by atoms with van der Waals surface area (Å²) in [5.41, 5.74) is 0.272. The number of carbonyl (C=O) groups excluding carboxylic acids is 4. The third-order valence-corrected chi connectivity index (χ3v) is 3.50. The Labute approximate surface area is 137 Å². The molecule has 0 spiro atoms. The van der Waals surface area contributed by atoms with Gasteiger partial charge in [0.05, 0.1) is 6.04 Å². The molecule has 1 saturated heterocycles. The minimum atomic E-state index is -1.07. The number of imide groups is 2. The monoisotopic (exact) mass is 333 g/mol. The smallest absolute Gasteiger partial charge is 0.335 e. The van der Waals surface area contributed by atoms with Crippen LogP contribution in [-0.2, 0) is 14.4 Å². The van der Waals surface area contributed by atoms with E-state index >= 15 is 0 Å². The number of benzene rings is 1. The second-order valence-corrected chi connectivity index (χ2v) is 5.19. The van der Waals surface area contributed by atoms with Gasteiger partial charge in [0.2, 0.25) is 5.91 Å². The van der Waals surface area contributed by atoms with Gasteiger partial charge in [0, 0.05) is 12.1 Å². The molecule has 0 unspecified atom stereocenters. The molecule has 0 radical (unpaired) electrons. The number of urea groups is 1. The first-order chi connectivity index (χ1) is 11.4. The van der Waals surface area contributed by atoms with Crippen LogP contribution in [0.25, 0.3) is 0 Å². The maximum absolute atomic E-state index is 13.7. The molecule has 1 fully saturated rings. The average molecular weight is 333 g/mol. The van der Waals surface area contributed by atoms with Gasteiger partial charge in [0.1, 0.15) is 12.4 Å². The minimum Gasteiger partial charge on any atom is -0.348 e. The highest BCUT2D eigenvalue weighted by molar-refractivity contribution is 6.45. The van der Waals surface area contributed by atoms with E-state index in [2.05, 4.69) is 11.9 Å². The third-order valence-electron chi connectivity index (χ3n) is 3.50. The summed E-state index contributed by atoms with van der Waals surface area (Å²) in [7, 11) is 0. The number of carbonyl (C=O) groups is 4. The Bertz CT molecular complexity index is 719. The molecule has 1 N–H and O–H groups in total. The van der Waals surface area contributed by atoms with Gasteiger partial charge in [-0.2, -0.15) is 0 Å². The van der Waals surface area contributed by atoms with Gasteiger partial charge in [-0.3, -0.25) is 19.3 Å². The molecule has 1 heterocycles. The van der Waals surface area contributed by atoms with Crippen LogP contribution in [0.15, 0.2) is 36.9 Å². The van der Waals surface area contributed by atoms with Gasteiger partial charge in [-0.1, -0.05) is 24.3 Å². The molecule has 24 heavy (non-hydrogen) atoms. The number of nitrogens with zero attached hydrogens (tertiary/aromatic N) is 2. The first-order valence-electron chi connectivity index (χ1n) is 7.18. The normalized spacial score (nSPS) is 15.7. The highest BCUT2D eigenvalue weighted by Gasteiger charge is 2.44. The quantitative estimate of drug-likeness (QED) is 0.478. The van der Waals surface area contributed by atoms with E-state index in [-0.39, 0.29) is 12.1 Å². The van der Waals surface area contributed by atoms with Crippen LogP contribution in [-0.4, -0.2) is 46.6 Å². The molecular weight excluding hydrogens is 317 g/mol. The van der Waals surface area contributed by atoms with Crippen molar-refractivity contribution in [3.8, 4) is 0 Å². The zero-order valence-electron chi connectivity index (χ0n) is 13.0. The largest absolute Gasteiger partial charge is 0.348 e. The van der Waals surface area contributed by atoms with Crippen molar-refractivity contribution < 1.29 is 23.6 Å². The summed E-state index contributed by atoms with van der Waals surface area (Å²) in [5, 5.41) is 2.49. The topological polar surface area (TPSA) is 86.8 Å². The van der Waals surface area contributed by atoms with Crippen molar-refractivity contribution in [3.63, 3.8) is 0 Å². The molecule has 1 atom stereocenters. The van der Waals surface area contributed by atoms with E-state index in [4.69, 9.17) is 0 Å². The molecule has 1 aromatic carbocycles. The predicted molar refractivity (Wildman–Crippen MR) is 82.0 cm³/mol. The summed E-state index contributed by atoms with van der Waals surface area (Å²) in [6.45, 7) is 4.23. The van der Waals surface area contributed by atoms with Crippen LogP contribution in [0.1, 0.15) is 18.5 Å². The number of amides is 5. The summed E-state index contributed by atoms with van der Waals surface area (Å²) in [6.07, 6.45) is 1.30. The van der Waals surface area contributed by atoms with Crippen LogP contribution in [0.4, 0.5) is 9.18 Å². The summed E-state index contributed by atoms with van der Waals surface area (Å²) in [6, 6.07) is 4.39. The fraction of sp³-hybridized carbons (Fsp3) is 0.250. The van der Waals surface area contributed by atoms with Gasteiger partial charge in [0.15, 0.2) is 0 Å². The zero-order chi connectivity index (χ0) is 17.9. The third kappa shape index (κ3) is 3.32. The highest BCUT2D eigenvalue weighted by Crippen LogP contribution is 2.16. The van der Waals surface area contributed by atoms with Crippen molar-refractivity contribution in [1.29, 1.82) is 0 Å². The number of hydrogen-bond acceptors (Lipinski definition) is 4. The van der Waals surface area contributed by atoms with Crippen molar-refractivity contribution >= 4 is 23.8 Å². The Kier molecular flexibility index (Phi) is 5.08. The van der Waals surface area contributed by atoms with Gasteiger partial charge >= 0.3 is 17.8 Å². The van der Waals surface area contributed by atoms with Crippen LogP contribution >= 0.6 is 0 Å². The lowest BCUT2D eigenvalue weighted by molar-refractivity contribution is -0.143. The van der Waals surface area contributed by atoms with E-state index in [9.17, 15) is 23.6 Å². The van der Waals surface area contributed by atoms with Gasteiger partial charge in [0.25, 0.3) is 0 Å². The second-order valence-electron chi connectivity index (χ2n) is 5.19. The van der Waals surface area contributed by atoms with Gasteiger partial charge < -0.3 is 5.32 Å². The van der Waals surface area contributed by atoms with E-state index in [1.807, 2.05) is 0 Å². The number of hydrogen-bond donors (Lipinski definition) is 1. The fourth-order valence-corrected chi connectivity index (χ4v) is 2.31. The van der Waals surface area contributed by atoms with E-state index < -0.39 is 42.2 Å². The molecule has 1 aliphatic heterocycles. The van der Waals surface area contributed by atoms with Crippen molar-refractivity contribution in [1.82, 2.24) is 15.1 Å². The predicted octanol–water partition coefficient (Wildman–Crippen LogP) is 0.980. The standard InChI is InChI=1S/C16H16FN3O4/c1-3-8-19-14(22)15(23)20(16(19)24)9-13(21)18-10(2)11-6-4-5-7-12(11)17/h3-7,10H,1,8-9H2,2H3,(H,18,21)/t10-/m1/s1. The lowest BCUT2D eigenvalue weighted by atomic mass is 10.1. The number of nitrogens with one attached hydrogen (secondary N) is 1. The molecule has 0 bridgehead atoms. The van der Waals surface area contributed by atoms with E-state index in [1.165, 1.54) is 24.3 Å². The van der Waals surface area contributed by atoms with Crippen LogP contribution in [0.3, 0.4) is 0 Å². The van der Waals surface area contributed by atoms with Gasteiger partial charge in [-0.05, 0) is 13.0 Å². The van der Waals surface area contributed by atoms with Crippen LogP contribution in [0.5, 0.6) is 0 Å². The lowest BCUT2D eigenvalue weighted by Gasteiger charge is -2.18. The van der Waals surface area contributed by atoms with E-state index in [0.717, 1.165) is 0 Å². The second kappa shape index (κ2) is 7.03. The molecule has 1 aliphatic rings. The fourth-order valence-electron chi connectivity index (χ4n) is 2.31. The Morgan fingerprint density at radius 2 is 1.88 bits per heavy atom. The first-order valence-corrected chi connectivity index (χ1v) is 7.18. The van der Waals surface area contributed by atoms with Crippen molar-refractivity contribution in [2.45, 2.75) is 13.0 Å². The van der Waals surface area contributed by atoms with Crippen molar-refractivity contribution in [3.05, 3.63) is 48.3 Å². The molecule has 0 saturated carbocycles. The molecule has 0 aromatic heterocycles. The minimum absolute atomic E-state index is 0.118. The molecule has 2 rings (SSSR count). The van der Waals surface area contributed by atoms with Crippen molar-refractivity contribution in [2.75, 3.05) is 13.1 Å². The SMILES string of the molecule is C=CCN1C(=O)C(=O)N(CC(=O)N[C@H](C)c2ccccc2F)C1=O. The summed E-state index contributed by atoms with van der Waals surface area (Å²) < 4.78 is 13.7. The summed E-state index contributed by atoms with van der Waals surface area (Å²) in [5.74, 6) is -3.24. The molecule has 8 heteroatoms. The first kappa shape index (κ1) is 17.3. The number of rotatable bonds is 6. The Morgan fingerprint density at radius 3 is 2.50 bits per heavy atom. The Morgan fingerprint density at radius 1 is 1.25 bits per heavy atom. The van der Waals surface area contributed by atoms with Crippen LogP contribution in [0, 0.1) is 5.82 Å². The number of halogens is 1. The Balaban J connectivity index is 2.03. The summed E-state index contributed by atoms with van der Waals surface area (Å²) >= 11 is 0. The molecule has 1 aromatic rings. The maximum atomic E-state index is 13.7. The van der Waals surface area contributed by atoms with E-state index in [1.54, 1.807) is 13.0 Å². The van der Waals surface area contributed by atoms with Crippen LogP contribution < -0.4 is 5.32 Å². The Hall–Kier alpha value is -3.03. The van der Waals surface area contributed by atoms with Crippen LogP contribution in [0.2, 0.25) is 0 Å². The zero-order valence-corrected chi connectivity index (χ0v) is 13.0. The van der Waals surface area contributed by atoms with Gasteiger partial charge in [-0.15, -0.1) is 6.58 Å². The average Bonchev–Trinajstić information content (AvgIpc) is 2.73.